The third-order valence-electron chi connectivity index (χ3n) is 2.56. The van der Waals surface area contributed by atoms with E-state index in [-0.39, 0.29) is 17.4 Å². The highest BCUT2D eigenvalue weighted by Crippen LogP contribution is 2.27. The maximum Gasteiger partial charge on any atom is 0.326 e. The summed E-state index contributed by atoms with van der Waals surface area (Å²) in [4.78, 5) is 18.0. The summed E-state index contributed by atoms with van der Waals surface area (Å²) in [6.07, 6.45) is 2.63. The number of methoxy groups -OCH3 is 1. The molecular weight excluding hydrogens is 252 g/mol. The van der Waals surface area contributed by atoms with Crippen molar-refractivity contribution in [2.24, 2.45) is 16.5 Å². The molecular formula is C10H12N6O3. The molecule has 0 radical (unpaired) electrons. The first-order valence-electron chi connectivity index (χ1n) is 5.24. The average Bonchev–Trinajstić information content (AvgIpc) is 2.38. The largest absolute Gasteiger partial charge is 0.481 e. The van der Waals surface area contributed by atoms with Gasteiger partial charge in [0, 0.05) is 6.20 Å². The van der Waals surface area contributed by atoms with Gasteiger partial charge in [-0.1, -0.05) is 0 Å². The van der Waals surface area contributed by atoms with Gasteiger partial charge in [0.25, 0.3) is 0 Å². The zero-order chi connectivity index (χ0) is 14.0. The summed E-state index contributed by atoms with van der Waals surface area (Å²) in [7, 11) is 1.43. The lowest BCUT2D eigenvalue weighted by molar-refractivity contribution is -0.416. The van der Waals surface area contributed by atoms with Gasteiger partial charge in [0.2, 0.25) is 17.5 Å². The molecule has 0 fully saturated rings. The second kappa shape index (κ2) is 4.53. The van der Waals surface area contributed by atoms with Gasteiger partial charge in [-0.3, -0.25) is 15.8 Å². The molecule has 1 atom stereocenters. The lowest BCUT2D eigenvalue weighted by atomic mass is 10.1. The molecule has 0 aliphatic carbocycles. The molecule has 0 saturated carbocycles. The molecule has 1 aromatic heterocycles. The molecule has 2 rings (SSSR count). The Morgan fingerprint density at radius 2 is 2.32 bits per heavy atom. The Morgan fingerprint density at radius 1 is 1.58 bits per heavy atom. The number of nitrogens with zero attached hydrogens (tertiary/aromatic N) is 3. The number of rotatable bonds is 3. The number of nitrogens with two attached hydrogens (primary N) is 2. The third-order valence-corrected chi connectivity index (χ3v) is 2.56. The number of amidine groups is 1. The molecule has 0 saturated heterocycles. The zero-order valence-electron chi connectivity index (χ0n) is 10.0. The van der Waals surface area contributed by atoms with Crippen molar-refractivity contribution in [2.75, 3.05) is 7.11 Å². The van der Waals surface area contributed by atoms with Gasteiger partial charge in [0.1, 0.15) is 0 Å². The normalized spacial score (nSPS) is 22.0. The highest BCUT2D eigenvalue weighted by molar-refractivity contribution is 5.95. The van der Waals surface area contributed by atoms with E-state index in [4.69, 9.17) is 16.2 Å². The predicted molar refractivity (Wildman–Crippen MR) is 66.5 cm³/mol. The molecule has 1 aliphatic rings. The second-order valence-corrected chi connectivity index (χ2v) is 3.75. The fourth-order valence-corrected chi connectivity index (χ4v) is 1.66. The first kappa shape index (κ1) is 12.8. The van der Waals surface area contributed by atoms with Crippen molar-refractivity contribution in [3.05, 3.63) is 45.9 Å². The van der Waals surface area contributed by atoms with Crippen LogP contribution in [0.1, 0.15) is 5.56 Å². The molecule has 0 spiro atoms. The SMILES string of the molecule is COc1ncccc1C1(N)N=C(N)C([N+](=O)[O-])=CN1. The molecule has 1 unspecified atom stereocenters. The van der Waals surface area contributed by atoms with Crippen molar-refractivity contribution in [1.82, 2.24) is 10.3 Å². The summed E-state index contributed by atoms with van der Waals surface area (Å²) < 4.78 is 5.08. The summed E-state index contributed by atoms with van der Waals surface area (Å²) in [5.74, 6) is -1.47. The maximum absolute atomic E-state index is 10.7. The number of nitrogens with one attached hydrogen (secondary N) is 1. The number of hydrogen-bond donors (Lipinski definition) is 3. The summed E-state index contributed by atoms with van der Waals surface area (Å²) in [6, 6.07) is 3.28. The summed E-state index contributed by atoms with van der Waals surface area (Å²) in [6.45, 7) is 0. The van der Waals surface area contributed by atoms with Crippen LogP contribution < -0.4 is 21.5 Å². The van der Waals surface area contributed by atoms with Gasteiger partial charge in [0.05, 0.1) is 23.8 Å². The first-order valence-corrected chi connectivity index (χ1v) is 5.24. The van der Waals surface area contributed by atoms with E-state index in [9.17, 15) is 10.1 Å². The molecule has 100 valence electrons. The van der Waals surface area contributed by atoms with E-state index in [1.54, 1.807) is 12.1 Å². The standard InChI is InChI=1S/C10H12N6O3/c1-19-9-6(3-2-4-13-9)10(12)14-5-7(16(17)18)8(11)15-10/h2-5,14H,12H2,1H3,(H2,11,15). The molecule has 0 amide bonds. The van der Waals surface area contributed by atoms with Crippen molar-refractivity contribution >= 4 is 5.84 Å². The Labute approximate surface area is 108 Å². The van der Waals surface area contributed by atoms with Crippen LogP contribution in [0.2, 0.25) is 0 Å². The number of hydrogen-bond acceptors (Lipinski definition) is 8. The number of ether oxygens (including phenoxy) is 1. The predicted octanol–water partition coefficient (Wildman–Crippen LogP) is -0.762. The van der Waals surface area contributed by atoms with Crippen LogP contribution in [-0.4, -0.2) is 22.9 Å². The van der Waals surface area contributed by atoms with Gasteiger partial charge in [0.15, 0.2) is 0 Å². The molecule has 0 aromatic carbocycles. The van der Waals surface area contributed by atoms with Crippen molar-refractivity contribution < 1.29 is 9.66 Å². The highest BCUT2D eigenvalue weighted by atomic mass is 16.6. The monoisotopic (exact) mass is 264 g/mol. The van der Waals surface area contributed by atoms with E-state index in [1.807, 2.05) is 0 Å². The maximum atomic E-state index is 10.7. The van der Waals surface area contributed by atoms with Gasteiger partial charge in [-0.25, -0.2) is 9.98 Å². The molecule has 19 heavy (non-hydrogen) atoms. The summed E-state index contributed by atoms with van der Waals surface area (Å²) in [5, 5.41) is 13.3. The summed E-state index contributed by atoms with van der Waals surface area (Å²) in [5.41, 5.74) is 11.7. The minimum Gasteiger partial charge on any atom is -0.481 e. The van der Waals surface area contributed by atoms with E-state index < -0.39 is 10.7 Å². The number of pyridine rings is 1. The third kappa shape index (κ3) is 2.18. The van der Waals surface area contributed by atoms with Crippen LogP contribution in [-0.2, 0) is 5.79 Å². The Morgan fingerprint density at radius 3 is 2.89 bits per heavy atom. The molecule has 2 heterocycles. The van der Waals surface area contributed by atoms with Crippen molar-refractivity contribution in [3.8, 4) is 5.88 Å². The molecule has 0 bridgehead atoms. The minimum atomic E-state index is -1.46. The van der Waals surface area contributed by atoms with Crippen molar-refractivity contribution in [1.29, 1.82) is 0 Å². The lowest BCUT2D eigenvalue weighted by Gasteiger charge is -2.29. The quantitative estimate of drug-likeness (QED) is 0.481. The minimum absolute atomic E-state index is 0.256. The topological polar surface area (TPSA) is 142 Å². The highest BCUT2D eigenvalue weighted by Gasteiger charge is 2.36. The van der Waals surface area contributed by atoms with E-state index in [2.05, 4.69) is 15.3 Å². The van der Waals surface area contributed by atoms with Crippen LogP contribution in [0, 0.1) is 10.1 Å². The van der Waals surface area contributed by atoms with Gasteiger partial charge in [-0.05, 0) is 12.1 Å². The van der Waals surface area contributed by atoms with Gasteiger partial charge in [-0.15, -0.1) is 0 Å². The van der Waals surface area contributed by atoms with Crippen molar-refractivity contribution in [2.45, 2.75) is 5.79 Å². The Balaban J connectivity index is 2.44. The van der Waals surface area contributed by atoms with Crippen LogP contribution in [0.4, 0.5) is 0 Å². The first-order chi connectivity index (χ1) is 8.98. The van der Waals surface area contributed by atoms with Crippen LogP contribution in [0.15, 0.2) is 35.2 Å². The average molecular weight is 264 g/mol. The van der Waals surface area contributed by atoms with Crippen LogP contribution >= 0.6 is 0 Å². The Kier molecular flexibility index (Phi) is 3.05. The van der Waals surface area contributed by atoms with E-state index in [1.165, 1.54) is 13.3 Å². The molecule has 5 N–H and O–H groups in total. The van der Waals surface area contributed by atoms with Crippen LogP contribution in [0.25, 0.3) is 0 Å². The van der Waals surface area contributed by atoms with Crippen LogP contribution in [0.5, 0.6) is 5.88 Å². The Hall–Kier alpha value is -2.68. The van der Waals surface area contributed by atoms with E-state index in [0.29, 0.717) is 5.56 Å². The molecule has 1 aromatic rings. The van der Waals surface area contributed by atoms with E-state index >= 15 is 0 Å². The van der Waals surface area contributed by atoms with Crippen LogP contribution in [0.3, 0.4) is 0 Å². The molecule has 1 aliphatic heterocycles. The molecule has 9 nitrogen and oxygen atoms in total. The summed E-state index contributed by atoms with van der Waals surface area (Å²) >= 11 is 0. The van der Waals surface area contributed by atoms with Gasteiger partial charge >= 0.3 is 5.70 Å². The number of aromatic nitrogens is 1. The second-order valence-electron chi connectivity index (χ2n) is 3.75. The zero-order valence-corrected chi connectivity index (χ0v) is 10.0. The van der Waals surface area contributed by atoms with Crippen molar-refractivity contribution in [3.63, 3.8) is 0 Å². The van der Waals surface area contributed by atoms with Gasteiger partial charge in [-0.2, -0.15) is 0 Å². The van der Waals surface area contributed by atoms with Gasteiger partial charge < -0.3 is 15.8 Å². The number of aliphatic imine (C=N–C) groups is 1. The van der Waals surface area contributed by atoms with E-state index in [0.717, 1.165) is 6.20 Å². The number of nitro groups is 1. The Bertz CT molecular complexity index is 584. The smallest absolute Gasteiger partial charge is 0.326 e. The fraction of sp³-hybridized carbons (Fsp3) is 0.200. The fourth-order valence-electron chi connectivity index (χ4n) is 1.66. The molecule has 9 heteroatoms. The lowest BCUT2D eigenvalue weighted by Crippen LogP contribution is -2.51.